The average Bonchev–Trinajstić information content (AvgIpc) is 3.90. The van der Waals surface area contributed by atoms with E-state index in [0.29, 0.717) is 0 Å². The zero-order chi connectivity index (χ0) is 42.4. The van der Waals surface area contributed by atoms with Crippen molar-refractivity contribution in [2.45, 2.75) is 37.9 Å². The Morgan fingerprint density at radius 3 is 1.19 bits per heavy atom. The fraction of sp³-hybridized carbons (Fsp3) is 0.444. The highest BCUT2D eigenvalue weighted by Crippen LogP contribution is 2.14. The lowest BCUT2D eigenvalue weighted by molar-refractivity contribution is -0.143. The van der Waals surface area contributed by atoms with Gasteiger partial charge >= 0.3 is 5.97 Å². The maximum atomic E-state index is 12.9. The number of carbonyl (C=O) groups is 12. The third-order valence-electron chi connectivity index (χ3n) is 8.94. The summed E-state index contributed by atoms with van der Waals surface area (Å²) in [5.74, 6) is -7.78. The first-order chi connectivity index (χ1) is 27.6. The Kier molecular flexibility index (Phi) is 16.0. The highest BCUT2D eigenvalue weighted by atomic mass is 16.5. The van der Waals surface area contributed by atoms with E-state index in [2.05, 4.69) is 10.6 Å². The lowest BCUT2D eigenvalue weighted by atomic mass is 10.2. The second-order valence-electron chi connectivity index (χ2n) is 13.0. The van der Waals surface area contributed by atoms with Gasteiger partial charge in [-0.05, 0) is 12.8 Å². The molecular formula is C36H41N7O15. The van der Waals surface area contributed by atoms with Crippen LogP contribution in [0.2, 0.25) is 0 Å². The van der Waals surface area contributed by atoms with E-state index in [-0.39, 0.29) is 71.6 Å². The topological polar surface area (TPSA) is 284 Å². The molecule has 2 unspecified atom stereocenters. The van der Waals surface area contributed by atoms with Crippen LogP contribution < -0.4 is 10.6 Å². The molecule has 0 saturated heterocycles. The number of rotatable bonds is 25. The number of imide groups is 4. The smallest absolute Gasteiger partial charge is 0.303 e. The van der Waals surface area contributed by atoms with E-state index < -0.39 is 103 Å². The number of carboxylic acid groups (broad SMARTS) is 1. The summed E-state index contributed by atoms with van der Waals surface area (Å²) in [4.78, 5) is 151. The molecule has 0 aliphatic carbocycles. The summed E-state index contributed by atoms with van der Waals surface area (Å²) < 4.78 is 11.3. The van der Waals surface area contributed by atoms with Gasteiger partial charge in [0, 0.05) is 94.3 Å². The van der Waals surface area contributed by atoms with E-state index in [9.17, 15) is 57.5 Å². The molecule has 0 aromatic carbocycles. The van der Waals surface area contributed by atoms with Crippen LogP contribution in [0.1, 0.15) is 25.7 Å². The Morgan fingerprint density at radius 1 is 0.534 bits per heavy atom. The zero-order valence-electron chi connectivity index (χ0n) is 31.1. The number of carbonyl (C=O) groups excluding carboxylic acids is 11. The molecule has 310 valence electrons. The molecule has 2 atom stereocenters. The van der Waals surface area contributed by atoms with Crippen molar-refractivity contribution in [3.05, 3.63) is 48.6 Å². The van der Waals surface area contributed by atoms with Crippen molar-refractivity contribution in [1.29, 1.82) is 0 Å². The van der Waals surface area contributed by atoms with Gasteiger partial charge < -0.3 is 30.1 Å². The van der Waals surface area contributed by atoms with E-state index in [1.54, 1.807) is 0 Å². The van der Waals surface area contributed by atoms with Gasteiger partial charge in [-0.2, -0.15) is 0 Å². The summed E-state index contributed by atoms with van der Waals surface area (Å²) >= 11 is 0. The summed E-state index contributed by atoms with van der Waals surface area (Å²) in [7, 11) is 0. The molecule has 0 saturated carbocycles. The molecule has 0 bridgehead atoms. The largest absolute Gasteiger partial charge is 0.481 e. The molecule has 4 heterocycles. The van der Waals surface area contributed by atoms with E-state index in [0.717, 1.165) is 68.2 Å². The molecule has 4 aliphatic rings. The molecule has 11 amide bonds. The summed E-state index contributed by atoms with van der Waals surface area (Å²) in [5, 5.41) is 14.1. The third-order valence-corrected chi connectivity index (χ3v) is 8.94. The first-order valence-electron chi connectivity index (χ1n) is 18.0. The van der Waals surface area contributed by atoms with Crippen molar-refractivity contribution >= 4 is 70.9 Å². The van der Waals surface area contributed by atoms with Gasteiger partial charge in [-0.3, -0.25) is 77.1 Å². The monoisotopic (exact) mass is 811 g/mol. The molecule has 0 aromatic heterocycles. The number of hydrogen-bond acceptors (Lipinski definition) is 14. The van der Waals surface area contributed by atoms with E-state index >= 15 is 0 Å². The van der Waals surface area contributed by atoms with Gasteiger partial charge in [0.15, 0.2) is 0 Å². The second-order valence-corrected chi connectivity index (χ2v) is 13.0. The standard InChI is InChI=1S/C36H41N7O15/c44-25(21-57-23(19-42-32(51)5-6-33(42)52)11-15-40-28(47)1-2-29(40)48)37-13-17-39(27(46)9-10-36(55)56)18-14-38-26(45)22-58-24(20-43-34(53)7-8-35(43)54)12-16-41-30(49)3-4-31(41)50/h1-8,23-24H,9-22H2,(H,37,44)(H,38,45)(H,55,56). The highest BCUT2D eigenvalue weighted by molar-refractivity contribution is 6.14. The minimum atomic E-state index is -1.22. The van der Waals surface area contributed by atoms with Crippen LogP contribution in [-0.2, 0) is 67.0 Å². The quantitative estimate of drug-likeness (QED) is 0.0745. The van der Waals surface area contributed by atoms with Crippen molar-refractivity contribution in [3.8, 4) is 0 Å². The predicted molar refractivity (Wildman–Crippen MR) is 192 cm³/mol. The molecule has 0 aromatic rings. The maximum Gasteiger partial charge on any atom is 0.303 e. The molecule has 3 N–H and O–H groups in total. The minimum Gasteiger partial charge on any atom is -0.481 e. The summed E-state index contributed by atoms with van der Waals surface area (Å²) in [5.41, 5.74) is 0. The van der Waals surface area contributed by atoms with Crippen molar-refractivity contribution in [2.24, 2.45) is 0 Å². The number of ether oxygens (including phenoxy) is 2. The Hall–Kier alpha value is -6.68. The summed E-state index contributed by atoms with van der Waals surface area (Å²) in [6, 6.07) is 0. The van der Waals surface area contributed by atoms with Crippen molar-refractivity contribution < 1.29 is 72.1 Å². The molecule has 58 heavy (non-hydrogen) atoms. The number of carboxylic acids is 1. The van der Waals surface area contributed by atoms with Gasteiger partial charge in [0.05, 0.1) is 31.7 Å². The van der Waals surface area contributed by atoms with Crippen LogP contribution in [-0.4, -0.2) is 178 Å². The van der Waals surface area contributed by atoms with E-state index in [1.807, 2.05) is 0 Å². The van der Waals surface area contributed by atoms with Crippen LogP contribution in [0.5, 0.6) is 0 Å². The minimum absolute atomic E-state index is 0.0135. The summed E-state index contributed by atoms with van der Waals surface area (Å²) in [6.07, 6.45) is 5.84. The molecule has 22 heteroatoms. The van der Waals surface area contributed by atoms with Crippen LogP contribution in [0.3, 0.4) is 0 Å². The number of hydrogen-bond donors (Lipinski definition) is 3. The fourth-order valence-corrected chi connectivity index (χ4v) is 5.82. The van der Waals surface area contributed by atoms with Crippen LogP contribution in [0, 0.1) is 0 Å². The van der Waals surface area contributed by atoms with Crippen LogP contribution >= 0.6 is 0 Å². The lowest BCUT2D eigenvalue weighted by Crippen LogP contribution is -2.45. The second kappa shape index (κ2) is 21.0. The van der Waals surface area contributed by atoms with Gasteiger partial charge in [0.25, 0.3) is 47.3 Å². The fourth-order valence-electron chi connectivity index (χ4n) is 5.82. The number of aliphatic carboxylic acids is 1. The Morgan fingerprint density at radius 2 is 0.862 bits per heavy atom. The Balaban J connectivity index is 1.25. The molecule has 4 rings (SSSR count). The van der Waals surface area contributed by atoms with E-state index in [4.69, 9.17) is 14.6 Å². The predicted octanol–water partition coefficient (Wildman–Crippen LogP) is -3.84. The van der Waals surface area contributed by atoms with E-state index in [1.165, 1.54) is 4.90 Å². The molecular weight excluding hydrogens is 770 g/mol. The summed E-state index contributed by atoms with van der Waals surface area (Å²) in [6.45, 7) is -2.42. The van der Waals surface area contributed by atoms with Crippen molar-refractivity contribution in [2.75, 3.05) is 65.6 Å². The van der Waals surface area contributed by atoms with Crippen molar-refractivity contribution in [1.82, 2.24) is 35.1 Å². The number of nitrogens with one attached hydrogen (secondary N) is 2. The first kappa shape index (κ1) is 44.0. The van der Waals surface area contributed by atoms with Gasteiger partial charge in [0.2, 0.25) is 17.7 Å². The van der Waals surface area contributed by atoms with Gasteiger partial charge in [-0.15, -0.1) is 0 Å². The normalized spacial score (nSPS) is 17.1. The number of nitrogens with zero attached hydrogens (tertiary/aromatic N) is 5. The van der Waals surface area contributed by atoms with Crippen LogP contribution in [0.15, 0.2) is 48.6 Å². The molecule has 0 fully saturated rings. The first-order valence-corrected chi connectivity index (χ1v) is 18.0. The molecule has 0 spiro atoms. The maximum absolute atomic E-state index is 12.9. The average molecular weight is 812 g/mol. The highest BCUT2D eigenvalue weighted by Gasteiger charge is 2.31. The van der Waals surface area contributed by atoms with Crippen LogP contribution in [0.25, 0.3) is 0 Å². The number of amides is 11. The Labute approximate surface area is 330 Å². The molecule has 0 radical (unpaired) electrons. The molecule has 22 nitrogen and oxygen atoms in total. The third kappa shape index (κ3) is 12.9. The lowest BCUT2D eigenvalue weighted by Gasteiger charge is -2.25. The van der Waals surface area contributed by atoms with Gasteiger partial charge in [-0.25, -0.2) is 0 Å². The van der Waals surface area contributed by atoms with Gasteiger partial charge in [-0.1, -0.05) is 0 Å². The Bertz CT molecular complexity index is 1670. The molecule has 4 aliphatic heterocycles. The van der Waals surface area contributed by atoms with Crippen molar-refractivity contribution in [3.63, 3.8) is 0 Å². The van der Waals surface area contributed by atoms with Gasteiger partial charge in [0.1, 0.15) is 13.2 Å². The zero-order valence-corrected chi connectivity index (χ0v) is 31.1. The van der Waals surface area contributed by atoms with Crippen LogP contribution in [0.4, 0.5) is 0 Å². The SMILES string of the molecule is O=C(O)CCC(=O)N(CCNC(=O)COC(CCN1C(=O)C=CC1=O)CN1C(=O)C=CC1=O)CCNC(=O)COC(CCN1C(=O)C=CC1=O)CN1C(=O)C=CC1=O.